The molecule has 0 spiro atoms. The van der Waals surface area contributed by atoms with E-state index < -0.39 is 0 Å². The zero-order valence-electron chi connectivity index (χ0n) is 13.9. The maximum Gasteiger partial charge on any atom is 0.223 e. The van der Waals surface area contributed by atoms with Crippen molar-refractivity contribution < 1.29 is 9.18 Å². The van der Waals surface area contributed by atoms with Gasteiger partial charge in [0.05, 0.1) is 0 Å². The molecular formula is C18H26ClFN2O. The molecule has 0 unspecified atom stereocenters. The molecule has 1 amide bonds. The number of hydrogen-bond donors (Lipinski definition) is 1. The second kappa shape index (κ2) is 8.65. The van der Waals surface area contributed by atoms with Crippen LogP contribution in [0.2, 0.25) is 5.02 Å². The van der Waals surface area contributed by atoms with Crippen molar-refractivity contribution in [3.05, 3.63) is 34.6 Å². The van der Waals surface area contributed by atoms with E-state index in [0.29, 0.717) is 17.1 Å². The van der Waals surface area contributed by atoms with Crippen LogP contribution in [0.4, 0.5) is 4.39 Å². The first kappa shape index (κ1) is 18.2. The SMILES string of the molecule is CCC[C@H](C)NC(=O)C1CCN(Cc2c(F)cccc2Cl)CC1. The number of likely N-dealkylation sites (tertiary alicyclic amines) is 1. The first-order valence-electron chi connectivity index (χ1n) is 8.46. The minimum absolute atomic E-state index is 0.0710. The molecule has 1 saturated heterocycles. The van der Waals surface area contributed by atoms with Crippen LogP contribution in [0.3, 0.4) is 0 Å². The average Bonchev–Trinajstić information content (AvgIpc) is 2.52. The molecule has 1 fully saturated rings. The van der Waals surface area contributed by atoms with E-state index in [4.69, 9.17) is 11.6 Å². The highest BCUT2D eigenvalue weighted by Crippen LogP contribution is 2.24. The minimum Gasteiger partial charge on any atom is -0.353 e. The Morgan fingerprint density at radius 3 is 2.74 bits per heavy atom. The van der Waals surface area contributed by atoms with Crippen molar-refractivity contribution in [2.45, 2.75) is 52.1 Å². The molecular weight excluding hydrogens is 315 g/mol. The highest BCUT2D eigenvalue weighted by molar-refractivity contribution is 6.31. The standard InChI is InChI=1S/C18H26ClFN2O/c1-3-5-13(2)21-18(23)14-8-10-22(11-9-14)12-15-16(19)6-4-7-17(15)20/h4,6-7,13-14H,3,5,8-12H2,1-2H3,(H,21,23)/t13-/m0/s1. The third-order valence-corrected chi connectivity index (χ3v) is 4.87. The number of carbonyl (C=O) groups is 1. The van der Waals surface area contributed by atoms with Gasteiger partial charge in [0.2, 0.25) is 5.91 Å². The largest absolute Gasteiger partial charge is 0.353 e. The predicted octanol–water partition coefficient (Wildman–Crippen LogP) is 4.00. The monoisotopic (exact) mass is 340 g/mol. The summed E-state index contributed by atoms with van der Waals surface area (Å²) >= 11 is 6.08. The summed E-state index contributed by atoms with van der Waals surface area (Å²) < 4.78 is 13.9. The number of hydrogen-bond acceptors (Lipinski definition) is 2. The number of carbonyl (C=O) groups excluding carboxylic acids is 1. The van der Waals surface area contributed by atoms with Crippen LogP contribution >= 0.6 is 11.6 Å². The van der Waals surface area contributed by atoms with Crippen LogP contribution in [0, 0.1) is 11.7 Å². The van der Waals surface area contributed by atoms with Gasteiger partial charge in [0.15, 0.2) is 0 Å². The van der Waals surface area contributed by atoms with Crippen LogP contribution in [-0.4, -0.2) is 29.9 Å². The number of halogens is 2. The van der Waals surface area contributed by atoms with Crippen molar-refractivity contribution in [2.24, 2.45) is 5.92 Å². The maximum absolute atomic E-state index is 13.9. The molecule has 23 heavy (non-hydrogen) atoms. The second-order valence-electron chi connectivity index (χ2n) is 6.45. The van der Waals surface area contributed by atoms with Crippen molar-refractivity contribution in [3.8, 4) is 0 Å². The van der Waals surface area contributed by atoms with Crippen LogP contribution in [0.15, 0.2) is 18.2 Å². The fourth-order valence-electron chi connectivity index (χ4n) is 3.13. The maximum atomic E-state index is 13.9. The molecule has 3 nitrogen and oxygen atoms in total. The number of nitrogens with zero attached hydrogens (tertiary/aromatic N) is 1. The Hall–Kier alpha value is -1.13. The Morgan fingerprint density at radius 2 is 2.13 bits per heavy atom. The third-order valence-electron chi connectivity index (χ3n) is 4.51. The summed E-state index contributed by atoms with van der Waals surface area (Å²) in [5, 5.41) is 3.57. The lowest BCUT2D eigenvalue weighted by Gasteiger charge is -2.32. The summed E-state index contributed by atoms with van der Waals surface area (Å²) in [4.78, 5) is 14.4. The first-order valence-corrected chi connectivity index (χ1v) is 8.84. The van der Waals surface area contributed by atoms with Gasteiger partial charge in [-0.05, 0) is 51.4 Å². The summed E-state index contributed by atoms with van der Waals surface area (Å²) in [6, 6.07) is 5.02. The molecule has 2 rings (SSSR count). The summed E-state index contributed by atoms with van der Waals surface area (Å²) in [5.41, 5.74) is 0.550. The van der Waals surface area contributed by atoms with Gasteiger partial charge in [0.1, 0.15) is 5.82 Å². The highest BCUT2D eigenvalue weighted by atomic mass is 35.5. The fraction of sp³-hybridized carbons (Fsp3) is 0.611. The lowest BCUT2D eigenvalue weighted by molar-refractivity contribution is -0.127. The summed E-state index contributed by atoms with van der Waals surface area (Å²) in [7, 11) is 0. The number of nitrogens with one attached hydrogen (secondary N) is 1. The van der Waals surface area contributed by atoms with Gasteiger partial charge in [-0.1, -0.05) is 31.0 Å². The molecule has 1 aromatic rings. The van der Waals surface area contributed by atoms with E-state index in [9.17, 15) is 9.18 Å². The van der Waals surface area contributed by atoms with E-state index in [2.05, 4.69) is 24.1 Å². The zero-order valence-corrected chi connectivity index (χ0v) is 14.7. The van der Waals surface area contributed by atoms with Gasteiger partial charge in [-0.15, -0.1) is 0 Å². The average molecular weight is 341 g/mol. The van der Waals surface area contributed by atoms with Crippen molar-refractivity contribution in [1.29, 1.82) is 0 Å². The van der Waals surface area contributed by atoms with Crippen molar-refractivity contribution in [3.63, 3.8) is 0 Å². The molecule has 5 heteroatoms. The normalized spacial score (nSPS) is 17.9. The van der Waals surface area contributed by atoms with E-state index >= 15 is 0 Å². The summed E-state index contributed by atoms with van der Waals surface area (Å²) in [5.74, 6) is -0.0260. The Labute approximate surface area is 143 Å². The Balaban J connectivity index is 1.83. The lowest BCUT2D eigenvalue weighted by atomic mass is 9.95. The van der Waals surface area contributed by atoms with E-state index in [1.165, 1.54) is 6.07 Å². The molecule has 0 radical (unpaired) electrons. The molecule has 0 aliphatic carbocycles. The third kappa shape index (κ3) is 5.18. The molecule has 1 heterocycles. The summed E-state index contributed by atoms with van der Waals surface area (Å²) in [6.07, 6.45) is 3.72. The number of rotatable bonds is 6. The van der Waals surface area contributed by atoms with Gasteiger partial charge in [-0.3, -0.25) is 9.69 Å². The molecule has 0 saturated carbocycles. The molecule has 1 atom stereocenters. The molecule has 1 N–H and O–H groups in total. The van der Waals surface area contributed by atoms with Gasteiger partial charge in [-0.25, -0.2) is 4.39 Å². The van der Waals surface area contributed by atoms with Crippen LogP contribution in [-0.2, 0) is 11.3 Å². The highest BCUT2D eigenvalue weighted by Gasteiger charge is 2.26. The second-order valence-corrected chi connectivity index (χ2v) is 6.86. The Kier molecular flexibility index (Phi) is 6.85. The Bertz CT molecular complexity index is 510. The molecule has 0 bridgehead atoms. The zero-order chi connectivity index (χ0) is 16.8. The quantitative estimate of drug-likeness (QED) is 0.849. The molecule has 1 aliphatic rings. The van der Waals surface area contributed by atoms with Crippen LogP contribution in [0.1, 0.15) is 45.1 Å². The Morgan fingerprint density at radius 1 is 1.43 bits per heavy atom. The van der Waals surface area contributed by atoms with Gasteiger partial charge >= 0.3 is 0 Å². The predicted molar refractivity (Wildman–Crippen MR) is 91.9 cm³/mol. The van der Waals surface area contributed by atoms with E-state index in [1.807, 2.05) is 0 Å². The topological polar surface area (TPSA) is 32.3 Å². The van der Waals surface area contributed by atoms with Gasteiger partial charge < -0.3 is 5.32 Å². The lowest BCUT2D eigenvalue weighted by Crippen LogP contribution is -2.42. The minimum atomic E-state index is -0.259. The molecule has 0 aromatic heterocycles. The number of piperidine rings is 1. The molecule has 1 aromatic carbocycles. The van der Waals surface area contributed by atoms with E-state index in [1.54, 1.807) is 12.1 Å². The van der Waals surface area contributed by atoms with E-state index in [-0.39, 0.29) is 23.7 Å². The van der Waals surface area contributed by atoms with Crippen LogP contribution in [0.25, 0.3) is 0 Å². The van der Waals surface area contributed by atoms with Crippen LogP contribution < -0.4 is 5.32 Å². The number of amides is 1. The summed E-state index contributed by atoms with van der Waals surface area (Å²) in [6.45, 7) is 6.27. The van der Waals surface area contributed by atoms with E-state index in [0.717, 1.165) is 38.8 Å². The van der Waals surface area contributed by atoms with Crippen molar-refractivity contribution >= 4 is 17.5 Å². The molecule has 128 valence electrons. The van der Waals surface area contributed by atoms with Gasteiger partial charge in [0.25, 0.3) is 0 Å². The van der Waals surface area contributed by atoms with Crippen LogP contribution in [0.5, 0.6) is 0 Å². The number of benzene rings is 1. The fourth-order valence-corrected chi connectivity index (χ4v) is 3.35. The van der Waals surface area contributed by atoms with Gasteiger partial charge in [0, 0.05) is 29.1 Å². The smallest absolute Gasteiger partial charge is 0.223 e. The first-order chi connectivity index (χ1) is 11.0. The van der Waals surface area contributed by atoms with Crippen molar-refractivity contribution in [2.75, 3.05) is 13.1 Å². The van der Waals surface area contributed by atoms with Crippen molar-refractivity contribution in [1.82, 2.24) is 10.2 Å². The molecule has 1 aliphatic heterocycles. The van der Waals surface area contributed by atoms with Gasteiger partial charge in [-0.2, -0.15) is 0 Å².